The minimum absolute atomic E-state index is 0.0163. The number of nitrogens with zero attached hydrogens (tertiary/aromatic N) is 2. The molecule has 1 aliphatic heterocycles. The maximum atomic E-state index is 12.9. The van der Waals surface area contributed by atoms with Crippen molar-refractivity contribution in [1.29, 1.82) is 0 Å². The van der Waals surface area contributed by atoms with Crippen LogP contribution in [-0.4, -0.2) is 38.1 Å². The van der Waals surface area contributed by atoms with Crippen LogP contribution in [0.25, 0.3) is 11.1 Å². The first-order chi connectivity index (χ1) is 14.1. The molecule has 30 heavy (non-hydrogen) atoms. The Labute approximate surface area is 174 Å². The molecule has 0 bridgehead atoms. The molecule has 0 spiro atoms. The quantitative estimate of drug-likeness (QED) is 0.774. The summed E-state index contributed by atoms with van der Waals surface area (Å²) in [5, 5.41) is 14.8. The molecule has 1 saturated carbocycles. The minimum Gasteiger partial charge on any atom is -0.465 e. The Morgan fingerprint density at radius 3 is 2.27 bits per heavy atom. The Bertz CT molecular complexity index is 1110. The molecule has 1 heterocycles. The summed E-state index contributed by atoms with van der Waals surface area (Å²) in [6.45, 7) is 2.10. The second-order valence-electron chi connectivity index (χ2n) is 7.93. The summed E-state index contributed by atoms with van der Waals surface area (Å²) in [5.41, 5.74) is 3.29. The summed E-state index contributed by atoms with van der Waals surface area (Å²) in [6, 6.07) is 12.0. The number of carboxylic acid groups (broad SMARTS) is 1. The van der Waals surface area contributed by atoms with E-state index in [9.17, 15) is 23.1 Å². The maximum Gasteiger partial charge on any atom is 0.412 e. The molecular formula is C21H23N3O5S. The Kier molecular flexibility index (Phi) is 5.03. The van der Waals surface area contributed by atoms with E-state index in [0.29, 0.717) is 23.5 Å². The molecule has 1 atom stereocenters. The second-order valence-corrected chi connectivity index (χ2v) is 9.55. The molecule has 1 aliphatic carbocycles. The van der Waals surface area contributed by atoms with Crippen LogP contribution in [0.4, 0.5) is 16.2 Å². The lowest BCUT2D eigenvalue weighted by Gasteiger charge is -2.40. The van der Waals surface area contributed by atoms with Gasteiger partial charge in [0, 0.05) is 12.5 Å². The Morgan fingerprint density at radius 2 is 1.70 bits per heavy atom. The Hall–Kier alpha value is -2.91. The van der Waals surface area contributed by atoms with Crippen molar-refractivity contribution in [2.75, 3.05) is 16.3 Å². The van der Waals surface area contributed by atoms with Crippen molar-refractivity contribution >= 4 is 33.4 Å². The zero-order chi connectivity index (χ0) is 21.6. The van der Waals surface area contributed by atoms with E-state index in [4.69, 9.17) is 5.14 Å². The van der Waals surface area contributed by atoms with Crippen molar-refractivity contribution < 1.29 is 23.1 Å². The SMILES string of the molecule is C[C@H]1CN(C(=O)C2CC2)c2cc(-c3ccc(CS(N)(=O)=O)cc3)ccc2N1C(=O)O. The van der Waals surface area contributed by atoms with Gasteiger partial charge in [0.05, 0.1) is 23.2 Å². The molecule has 9 heteroatoms. The predicted octanol–water partition coefficient (Wildman–Crippen LogP) is 2.77. The van der Waals surface area contributed by atoms with Crippen molar-refractivity contribution in [3.8, 4) is 11.1 Å². The lowest BCUT2D eigenvalue weighted by Crippen LogP contribution is -2.52. The minimum atomic E-state index is -3.61. The number of hydrogen-bond acceptors (Lipinski definition) is 4. The third-order valence-electron chi connectivity index (χ3n) is 5.47. The lowest BCUT2D eigenvalue weighted by atomic mass is 10.00. The van der Waals surface area contributed by atoms with Gasteiger partial charge in [0.2, 0.25) is 15.9 Å². The van der Waals surface area contributed by atoms with Crippen LogP contribution in [0.2, 0.25) is 0 Å². The first-order valence-corrected chi connectivity index (χ1v) is 11.4. The number of primary sulfonamides is 1. The molecule has 0 aromatic heterocycles. The van der Waals surface area contributed by atoms with Crippen LogP contribution in [0.15, 0.2) is 42.5 Å². The van der Waals surface area contributed by atoms with Gasteiger partial charge < -0.3 is 10.0 Å². The van der Waals surface area contributed by atoms with E-state index in [0.717, 1.165) is 24.0 Å². The standard InChI is InChI=1S/C21H23N3O5S/c1-13-11-23(20(25)16-6-7-16)19-10-17(8-9-18(19)24(13)21(26)27)15-4-2-14(3-5-15)12-30(22,28)29/h2-5,8-10,13,16H,6-7,11-12H2,1H3,(H,26,27)(H2,22,28,29)/t13-/m0/s1. The lowest BCUT2D eigenvalue weighted by molar-refractivity contribution is -0.119. The predicted molar refractivity (Wildman–Crippen MR) is 114 cm³/mol. The van der Waals surface area contributed by atoms with Gasteiger partial charge in [-0.15, -0.1) is 0 Å². The van der Waals surface area contributed by atoms with Crippen molar-refractivity contribution in [3.63, 3.8) is 0 Å². The third kappa shape index (κ3) is 4.03. The fourth-order valence-corrected chi connectivity index (χ4v) is 4.54. The largest absolute Gasteiger partial charge is 0.465 e. The van der Waals surface area contributed by atoms with Gasteiger partial charge in [0.1, 0.15) is 0 Å². The number of nitrogens with two attached hydrogens (primary N) is 1. The molecule has 2 amide bonds. The van der Waals surface area contributed by atoms with E-state index in [1.54, 1.807) is 48.2 Å². The highest BCUT2D eigenvalue weighted by Crippen LogP contribution is 2.42. The maximum absolute atomic E-state index is 12.9. The average molecular weight is 429 g/mol. The average Bonchev–Trinajstić information content (AvgIpc) is 3.51. The Balaban J connectivity index is 1.73. The third-order valence-corrected chi connectivity index (χ3v) is 6.20. The van der Waals surface area contributed by atoms with Crippen LogP contribution >= 0.6 is 0 Å². The smallest absolute Gasteiger partial charge is 0.412 e. The summed E-state index contributed by atoms with van der Waals surface area (Å²) in [7, 11) is -3.61. The van der Waals surface area contributed by atoms with Crippen LogP contribution in [0.3, 0.4) is 0 Å². The number of carbonyl (C=O) groups is 2. The van der Waals surface area contributed by atoms with Crippen molar-refractivity contribution in [2.24, 2.45) is 11.1 Å². The molecule has 1 fully saturated rings. The molecule has 2 aromatic carbocycles. The van der Waals surface area contributed by atoms with E-state index < -0.39 is 16.1 Å². The molecular weight excluding hydrogens is 406 g/mol. The number of carbonyl (C=O) groups excluding carboxylic acids is 1. The molecule has 2 aliphatic rings. The number of sulfonamides is 1. The van der Waals surface area contributed by atoms with Crippen LogP contribution in [-0.2, 0) is 20.6 Å². The number of fused-ring (bicyclic) bond motifs is 1. The van der Waals surface area contributed by atoms with E-state index in [-0.39, 0.29) is 23.6 Å². The molecule has 3 N–H and O–H groups in total. The summed E-state index contributed by atoms with van der Waals surface area (Å²) < 4.78 is 22.6. The monoisotopic (exact) mass is 429 g/mol. The number of amides is 2. The van der Waals surface area contributed by atoms with Gasteiger partial charge >= 0.3 is 6.09 Å². The van der Waals surface area contributed by atoms with Gasteiger partial charge in [-0.25, -0.2) is 18.4 Å². The van der Waals surface area contributed by atoms with Crippen LogP contribution in [0, 0.1) is 5.92 Å². The summed E-state index contributed by atoms with van der Waals surface area (Å²) in [5.74, 6) is -0.191. The molecule has 8 nitrogen and oxygen atoms in total. The van der Waals surface area contributed by atoms with Crippen molar-refractivity contribution in [1.82, 2.24) is 0 Å². The fraction of sp³-hybridized carbons (Fsp3) is 0.333. The van der Waals surface area contributed by atoms with Gasteiger partial charge in [-0.3, -0.25) is 9.69 Å². The van der Waals surface area contributed by atoms with Crippen LogP contribution < -0.4 is 14.9 Å². The zero-order valence-corrected chi connectivity index (χ0v) is 17.3. The topological polar surface area (TPSA) is 121 Å². The number of rotatable bonds is 4. The summed E-state index contributed by atoms with van der Waals surface area (Å²) in [4.78, 5) is 27.7. The number of benzene rings is 2. The molecule has 4 rings (SSSR count). The summed E-state index contributed by atoms with van der Waals surface area (Å²) >= 11 is 0. The first kappa shape index (κ1) is 20.4. The van der Waals surface area contributed by atoms with Crippen molar-refractivity contribution in [3.05, 3.63) is 48.0 Å². The fourth-order valence-electron chi connectivity index (χ4n) is 3.88. The number of hydrogen-bond donors (Lipinski definition) is 2. The van der Waals surface area contributed by atoms with Gasteiger partial charge in [0.15, 0.2) is 0 Å². The van der Waals surface area contributed by atoms with Gasteiger partial charge in [-0.05, 0) is 48.6 Å². The Morgan fingerprint density at radius 1 is 1.07 bits per heavy atom. The highest BCUT2D eigenvalue weighted by Gasteiger charge is 2.40. The van der Waals surface area contributed by atoms with E-state index >= 15 is 0 Å². The highest BCUT2D eigenvalue weighted by atomic mass is 32.2. The summed E-state index contributed by atoms with van der Waals surface area (Å²) in [6.07, 6.45) is 0.683. The normalized spacial score (nSPS) is 18.8. The number of anilines is 2. The van der Waals surface area contributed by atoms with E-state index in [1.165, 1.54) is 4.90 Å². The molecule has 158 valence electrons. The van der Waals surface area contributed by atoms with E-state index in [2.05, 4.69) is 0 Å². The van der Waals surface area contributed by atoms with Gasteiger partial charge in [-0.1, -0.05) is 30.3 Å². The van der Waals surface area contributed by atoms with Gasteiger partial charge in [0.25, 0.3) is 0 Å². The van der Waals surface area contributed by atoms with Crippen LogP contribution in [0.1, 0.15) is 25.3 Å². The molecule has 2 aromatic rings. The van der Waals surface area contributed by atoms with Crippen LogP contribution in [0.5, 0.6) is 0 Å². The molecule has 0 saturated heterocycles. The molecule has 0 unspecified atom stereocenters. The van der Waals surface area contributed by atoms with E-state index in [1.807, 2.05) is 6.07 Å². The van der Waals surface area contributed by atoms with Crippen molar-refractivity contribution in [2.45, 2.75) is 31.6 Å². The van der Waals surface area contributed by atoms with Gasteiger partial charge in [-0.2, -0.15) is 0 Å². The zero-order valence-electron chi connectivity index (χ0n) is 16.5. The highest BCUT2D eigenvalue weighted by molar-refractivity contribution is 7.88. The molecule has 0 radical (unpaired) electrons. The second kappa shape index (κ2) is 7.41. The first-order valence-electron chi connectivity index (χ1n) is 9.71.